The Morgan fingerprint density at radius 1 is 1.20 bits per heavy atom. The Hall–Kier alpha value is -0.490. The minimum Gasteiger partial charge on any atom is -0.0847 e. The molecule has 86 valence electrons. The zero-order chi connectivity index (χ0) is 11.8. The van der Waals surface area contributed by atoms with Gasteiger partial charge in [-0.2, -0.15) is 0 Å². The molecule has 0 fully saturated rings. The molecule has 0 aliphatic rings. The second kappa shape index (κ2) is 7.76. The fraction of sp³-hybridized carbons (Fsp3) is 0.571. The minimum atomic E-state index is 0.554. The van der Waals surface area contributed by atoms with Gasteiger partial charge in [-0.3, -0.25) is 0 Å². The summed E-state index contributed by atoms with van der Waals surface area (Å²) < 4.78 is 0. The third kappa shape index (κ3) is 6.57. The van der Waals surface area contributed by atoms with Gasteiger partial charge in [0.05, 0.1) is 0 Å². The van der Waals surface area contributed by atoms with Crippen LogP contribution in [0.4, 0.5) is 0 Å². The van der Waals surface area contributed by atoms with E-state index in [1.807, 2.05) is 6.08 Å². The van der Waals surface area contributed by atoms with E-state index >= 15 is 0 Å². The van der Waals surface area contributed by atoms with E-state index in [1.165, 1.54) is 11.1 Å². The molecule has 1 atom stereocenters. The van der Waals surface area contributed by atoms with Crippen molar-refractivity contribution in [1.82, 2.24) is 0 Å². The van der Waals surface area contributed by atoms with E-state index in [1.54, 1.807) is 0 Å². The van der Waals surface area contributed by atoms with Gasteiger partial charge in [-0.1, -0.05) is 62.1 Å². The van der Waals surface area contributed by atoms with Gasteiger partial charge in [0.2, 0.25) is 0 Å². The van der Waals surface area contributed by atoms with Crippen molar-refractivity contribution in [3.8, 4) is 0 Å². The lowest BCUT2D eigenvalue weighted by atomic mass is 10.1. The number of hydrogen-bond acceptors (Lipinski definition) is 0. The average molecular weight is 227 g/mol. The number of halogens is 1. The summed E-state index contributed by atoms with van der Waals surface area (Å²) in [6.07, 6.45) is 8.42. The van der Waals surface area contributed by atoms with Crippen molar-refractivity contribution in [1.29, 1.82) is 0 Å². The van der Waals surface area contributed by atoms with E-state index < -0.39 is 0 Å². The van der Waals surface area contributed by atoms with Gasteiger partial charge in [-0.15, -0.1) is 0 Å². The lowest BCUT2D eigenvalue weighted by Gasteiger charge is -2.01. The first-order chi connectivity index (χ1) is 7.01. The van der Waals surface area contributed by atoms with Crippen LogP contribution in [0, 0.1) is 5.92 Å². The van der Waals surface area contributed by atoms with Gasteiger partial charge in [-0.25, -0.2) is 0 Å². The molecule has 15 heavy (non-hydrogen) atoms. The van der Waals surface area contributed by atoms with Crippen LogP contribution in [0.1, 0.15) is 47.5 Å². The van der Waals surface area contributed by atoms with Gasteiger partial charge in [0.1, 0.15) is 0 Å². The summed E-state index contributed by atoms with van der Waals surface area (Å²) in [5, 5.41) is 0.840. The topological polar surface area (TPSA) is 0 Å². The summed E-state index contributed by atoms with van der Waals surface area (Å²) in [5.74, 6) is 0.554. The average Bonchev–Trinajstić information content (AvgIpc) is 2.24. The van der Waals surface area contributed by atoms with Crippen LogP contribution in [0.5, 0.6) is 0 Å². The highest BCUT2D eigenvalue weighted by atomic mass is 35.5. The lowest BCUT2D eigenvalue weighted by Crippen LogP contribution is -1.85. The maximum Gasteiger partial charge on any atom is 0.0368 e. The van der Waals surface area contributed by atoms with E-state index in [9.17, 15) is 0 Å². The second-order valence-electron chi connectivity index (χ2n) is 4.09. The van der Waals surface area contributed by atoms with Crippen LogP contribution >= 0.6 is 11.6 Å². The van der Waals surface area contributed by atoms with Crippen LogP contribution in [-0.2, 0) is 0 Å². The maximum absolute atomic E-state index is 6.10. The highest BCUT2D eigenvalue weighted by Crippen LogP contribution is 2.14. The first-order valence-corrected chi connectivity index (χ1v) is 6.10. The molecule has 0 N–H and O–H groups in total. The Morgan fingerprint density at radius 2 is 1.80 bits per heavy atom. The number of rotatable bonds is 5. The molecule has 0 saturated heterocycles. The van der Waals surface area contributed by atoms with Crippen LogP contribution in [0.15, 0.2) is 34.4 Å². The Balaban J connectivity index is 4.47. The van der Waals surface area contributed by atoms with E-state index in [-0.39, 0.29) is 0 Å². The molecule has 0 spiro atoms. The first-order valence-electron chi connectivity index (χ1n) is 5.73. The minimum absolute atomic E-state index is 0.554. The molecule has 0 aromatic carbocycles. The van der Waals surface area contributed by atoms with Gasteiger partial charge in [0.25, 0.3) is 0 Å². The van der Waals surface area contributed by atoms with Crippen LogP contribution < -0.4 is 0 Å². The lowest BCUT2D eigenvalue weighted by molar-refractivity contribution is 0.697. The molecule has 0 heterocycles. The van der Waals surface area contributed by atoms with Gasteiger partial charge in [0, 0.05) is 5.03 Å². The van der Waals surface area contributed by atoms with E-state index in [4.69, 9.17) is 11.6 Å². The summed E-state index contributed by atoms with van der Waals surface area (Å²) in [7, 11) is 0. The molecule has 1 heteroatoms. The standard InChI is InChI=1S/C14H23Cl/c1-6-11(3)10-14(15)9-8-13(5)12(4)7-2/h8-11H,6-7H2,1-5H3/b9-8-,13-12?,14-10+. The van der Waals surface area contributed by atoms with E-state index in [0.29, 0.717) is 5.92 Å². The first kappa shape index (κ1) is 14.5. The van der Waals surface area contributed by atoms with Crippen molar-refractivity contribution in [3.05, 3.63) is 34.4 Å². The van der Waals surface area contributed by atoms with Crippen molar-refractivity contribution in [2.75, 3.05) is 0 Å². The fourth-order valence-electron chi connectivity index (χ4n) is 1.07. The summed E-state index contributed by atoms with van der Waals surface area (Å²) in [4.78, 5) is 0. The van der Waals surface area contributed by atoms with Gasteiger partial charge >= 0.3 is 0 Å². The molecule has 0 bridgehead atoms. The maximum atomic E-state index is 6.10. The second-order valence-corrected chi connectivity index (χ2v) is 4.52. The van der Waals surface area contributed by atoms with Crippen LogP contribution in [0.2, 0.25) is 0 Å². The largest absolute Gasteiger partial charge is 0.0847 e. The molecule has 0 nitrogen and oxygen atoms in total. The number of allylic oxidation sites excluding steroid dienone is 6. The predicted molar refractivity (Wildman–Crippen MR) is 71.2 cm³/mol. The molecule has 0 aromatic rings. The summed E-state index contributed by atoms with van der Waals surface area (Å²) >= 11 is 6.10. The highest BCUT2D eigenvalue weighted by molar-refractivity contribution is 6.31. The summed E-state index contributed by atoms with van der Waals surface area (Å²) in [6.45, 7) is 10.8. The quantitative estimate of drug-likeness (QED) is 0.547. The Bertz CT molecular complexity index is 269. The molecule has 0 aromatic heterocycles. The molecular weight excluding hydrogens is 204 g/mol. The SMILES string of the molecule is CCC(C)=C(C)/C=C\C(Cl)=C/C(C)CC. The molecule has 0 aliphatic carbocycles. The van der Waals surface area contributed by atoms with Crippen LogP contribution in [0.25, 0.3) is 0 Å². The third-order valence-corrected chi connectivity index (χ3v) is 3.04. The third-order valence-electron chi connectivity index (χ3n) is 2.78. The van der Waals surface area contributed by atoms with Crippen LogP contribution in [0.3, 0.4) is 0 Å². The highest BCUT2D eigenvalue weighted by Gasteiger charge is 1.95. The summed E-state index contributed by atoms with van der Waals surface area (Å²) in [5.41, 5.74) is 2.73. The Morgan fingerprint density at radius 3 is 2.27 bits per heavy atom. The normalized spacial score (nSPS) is 16.8. The molecule has 0 aliphatic heterocycles. The van der Waals surface area contributed by atoms with Crippen molar-refractivity contribution < 1.29 is 0 Å². The summed E-state index contributed by atoms with van der Waals surface area (Å²) in [6, 6.07) is 0. The van der Waals surface area contributed by atoms with Gasteiger partial charge in [0.15, 0.2) is 0 Å². The van der Waals surface area contributed by atoms with Gasteiger partial charge < -0.3 is 0 Å². The van der Waals surface area contributed by atoms with Crippen molar-refractivity contribution in [2.24, 2.45) is 5.92 Å². The molecular formula is C14H23Cl. The smallest absolute Gasteiger partial charge is 0.0368 e. The fourth-order valence-corrected chi connectivity index (χ4v) is 1.35. The molecule has 0 radical (unpaired) electrons. The van der Waals surface area contributed by atoms with Crippen LogP contribution in [-0.4, -0.2) is 0 Å². The monoisotopic (exact) mass is 226 g/mol. The molecule has 1 unspecified atom stereocenters. The zero-order valence-corrected chi connectivity index (χ0v) is 11.4. The van der Waals surface area contributed by atoms with Gasteiger partial charge in [-0.05, 0) is 32.3 Å². The number of hydrogen-bond donors (Lipinski definition) is 0. The Kier molecular flexibility index (Phi) is 7.50. The Labute approximate surface area is 99.7 Å². The van der Waals surface area contributed by atoms with E-state index in [2.05, 4.69) is 46.8 Å². The van der Waals surface area contributed by atoms with Crippen molar-refractivity contribution >= 4 is 11.6 Å². The zero-order valence-electron chi connectivity index (χ0n) is 10.6. The molecule has 0 rings (SSSR count). The molecule has 0 amide bonds. The van der Waals surface area contributed by atoms with Crippen molar-refractivity contribution in [2.45, 2.75) is 47.5 Å². The van der Waals surface area contributed by atoms with E-state index in [0.717, 1.165) is 17.9 Å². The predicted octanol–water partition coefficient (Wildman–Crippen LogP) is 5.46. The van der Waals surface area contributed by atoms with Crippen molar-refractivity contribution in [3.63, 3.8) is 0 Å². The molecule has 0 saturated carbocycles.